The van der Waals surface area contributed by atoms with Gasteiger partial charge in [0.05, 0.1) is 6.61 Å². The Kier molecular flexibility index (Phi) is 3.84. The van der Waals surface area contributed by atoms with Gasteiger partial charge in [-0.25, -0.2) is 4.98 Å². The van der Waals surface area contributed by atoms with Crippen LogP contribution in [0.1, 0.15) is 32.1 Å². The van der Waals surface area contributed by atoms with Crippen LogP contribution in [-0.4, -0.2) is 23.2 Å². The Labute approximate surface area is 102 Å². The van der Waals surface area contributed by atoms with Crippen molar-refractivity contribution >= 4 is 11.6 Å². The summed E-state index contributed by atoms with van der Waals surface area (Å²) < 4.78 is 0. The van der Waals surface area contributed by atoms with Gasteiger partial charge >= 0.3 is 0 Å². The highest BCUT2D eigenvalue weighted by Crippen LogP contribution is 2.35. The van der Waals surface area contributed by atoms with E-state index in [1.807, 2.05) is 12.1 Å². The molecule has 0 radical (unpaired) electrons. The number of nitrogens with one attached hydrogen (secondary N) is 1. The molecule has 0 aromatic carbocycles. The van der Waals surface area contributed by atoms with E-state index in [0.717, 1.165) is 25.2 Å². The van der Waals surface area contributed by atoms with Crippen molar-refractivity contribution in [3.63, 3.8) is 0 Å². The van der Waals surface area contributed by atoms with Gasteiger partial charge in [0.15, 0.2) is 0 Å². The lowest BCUT2D eigenvalue weighted by Gasteiger charge is -2.35. The minimum Gasteiger partial charge on any atom is -0.396 e. The number of nitrogens with two attached hydrogens (primary N) is 1. The van der Waals surface area contributed by atoms with Crippen LogP contribution in [0.3, 0.4) is 0 Å². The second-order valence-electron chi connectivity index (χ2n) is 5.02. The molecule has 1 saturated carbocycles. The molecule has 0 bridgehead atoms. The van der Waals surface area contributed by atoms with Crippen molar-refractivity contribution in [2.24, 2.45) is 5.41 Å². The van der Waals surface area contributed by atoms with Gasteiger partial charge in [-0.2, -0.15) is 0 Å². The van der Waals surface area contributed by atoms with Gasteiger partial charge in [0.25, 0.3) is 0 Å². The molecule has 4 N–H and O–H groups in total. The standard InChI is InChI=1S/C13H21N3O/c14-11-5-4-6-12(16-11)15-9-13(10-17)7-2-1-3-8-13/h4-6,17H,1-3,7-10H2,(H3,14,15,16). The predicted octanol–water partition coefficient (Wildman–Crippen LogP) is 2.02. The number of aromatic nitrogens is 1. The highest BCUT2D eigenvalue weighted by molar-refractivity contribution is 5.42. The number of aliphatic hydroxyl groups excluding tert-OH is 1. The van der Waals surface area contributed by atoms with Gasteiger partial charge in [-0.3, -0.25) is 0 Å². The third kappa shape index (κ3) is 3.09. The van der Waals surface area contributed by atoms with Gasteiger partial charge < -0.3 is 16.2 Å². The molecular formula is C13H21N3O. The summed E-state index contributed by atoms with van der Waals surface area (Å²) in [5.41, 5.74) is 5.66. The highest BCUT2D eigenvalue weighted by atomic mass is 16.3. The van der Waals surface area contributed by atoms with Crippen molar-refractivity contribution in [3.8, 4) is 0 Å². The van der Waals surface area contributed by atoms with Crippen LogP contribution >= 0.6 is 0 Å². The van der Waals surface area contributed by atoms with E-state index in [1.54, 1.807) is 6.07 Å². The average molecular weight is 235 g/mol. The summed E-state index contributed by atoms with van der Waals surface area (Å²) in [6, 6.07) is 5.56. The van der Waals surface area contributed by atoms with Crippen LogP contribution in [-0.2, 0) is 0 Å². The van der Waals surface area contributed by atoms with Crippen molar-refractivity contribution in [3.05, 3.63) is 18.2 Å². The summed E-state index contributed by atoms with van der Waals surface area (Å²) in [7, 11) is 0. The summed E-state index contributed by atoms with van der Waals surface area (Å²) in [5.74, 6) is 1.32. The van der Waals surface area contributed by atoms with Crippen molar-refractivity contribution < 1.29 is 5.11 Å². The maximum Gasteiger partial charge on any atom is 0.128 e. The Bertz CT molecular complexity index is 361. The lowest BCUT2D eigenvalue weighted by atomic mass is 9.74. The van der Waals surface area contributed by atoms with E-state index in [1.165, 1.54) is 19.3 Å². The molecule has 1 heterocycles. The molecule has 0 aliphatic heterocycles. The van der Waals surface area contributed by atoms with Crippen molar-refractivity contribution in [2.75, 3.05) is 24.2 Å². The van der Waals surface area contributed by atoms with Crippen LogP contribution in [0.4, 0.5) is 11.6 Å². The molecule has 1 aliphatic carbocycles. The molecule has 0 spiro atoms. The first kappa shape index (κ1) is 12.2. The maximum atomic E-state index is 9.59. The molecule has 0 atom stereocenters. The summed E-state index contributed by atoms with van der Waals surface area (Å²) in [6.45, 7) is 1.03. The Hall–Kier alpha value is -1.29. The molecule has 1 aromatic heterocycles. The zero-order valence-electron chi connectivity index (χ0n) is 10.2. The third-order valence-corrected chi connectivity index (χ3v) is 3.66. The molecule has 17 heavy (non-hydrogen) atoms. The first-order valence-corrected chi connectivity index (χ1v) is 6.31. The minimum atomic E-state index is 0.0323. The second kappa shape index (κ2) is 5.36. The fraction of sp³-hybridized carbons (Fsp3) is 0.615. The third-order valence-electron chi connectivity index (χ3n) is 3.66. The molecule has 0 amide bonds. The molecule has 2 rings (SSSR count). The molecule has 0 saturated heterocycles. The Morgan fingerprint density at radius 1 is 1.29 bits per heavy atom. The lowest BCUT2D eigenvalue weighted by Crippen LogP contribution is -2.35. The lowest BCUT2D eigenvalue weighted by molar-refractivity contribution is 0.0943. The van der Waals surface area contributed by atoms with Crippen molar-refractivity contribution in [1.29, 1.82) is 0 Å². The Morgan fingerprint density at radius 2 is 2.06 bits per heavy atom. The average Bonchev–Trinajstić information content (AvgIpc) is 2.38. The Balaban J connectivity index is 1.95. The quantitative estimate of drug-likeness (QED) is 0.746. The minimum absolute atomic E-state index is 0.0323. The number of hydrogen-bond donors (Lipinski definition) is 3. The van der Waals surface area contributed by atoms with Crippen LogP contribution in [0.5, 0.6) is 0 Å². The van der Waals surface area contributed by atoms with Crippen molar-refractivity contribution in [2.45, 2.75) is 32.1 Å². The molecular weight excluding hydrogens is 214 g/mol. The number of anilines is 2. The zero-order chi connectivity index (χ0) is 12.1. The first-order chi connectivity index (χ1) is 8.24. The van der Waals surface area contributed by atoms with Crippen LogP contribution in [0.25, 0.3) is 0 Å². The number of aliphatic hydroxyl groups is 1. The van der Waals surface area contributed by atoms with Gasteiger partial charge in [-0.05, 0) is 25.0 Å². The number of rotatable bonds is 4. The molecule has 94 valence electrons. The van der Waals surface area contributed by atoms with E-state index < -0.39 is 0 Å². The van der Waals surface area contributed by atoms with Crippen LogP contribution < -0.4 is 11.1 Å². The summed E-state index contributed by atoms with van der Waals surface area (Å²) >= 11 is 0. The summed E-state index contributed by atoms with van der Waals surface area (Å²) in [5, 5.41) is 12.9. The largest absolute Gasteiger partial charge is 0.396 e. The summed E-state index contributed by atoms with van der Waals surface area (Å²) in [4.78, 5) is 4.21. The number of hydrogen-bond acceptors (Lipinski definition) is 4. The first-order valence-electron chi connectivity index (χ1n) is 6.31. The van der Waals surface area contributed by atoms with Gasteiger partial charge in [0.2, 0.25) is 0 Å². The topological polar surface area (TPSA) is 71.2 Å². The van der Waals surface area contributed by atoms with Crippen LogP contribution in [0.15, 0.2) is 18.2 Å². The molecule has 1 aromatic rings. The number of nitrogens with zero attached hydrogens (tertiary/aromatic N) is 1. The molecule has 0 unspecified atom stereocenters. The number of pyridine rings is 1. The van der Waals surface area contributed by atoms with Gasteiger partial charge in [0, 0.05) is 12.0 Å². The monoisotopic (exact) mass is 235 g/mol. The maximum absolute atomic E-state index is 9.59. The zero-order valence-corrected chi connectivity index (χ0v) is 10.2. The fourth-order valence-corrected chi connectivity index (χ4v) is 2.52. The van der Waals surface area contributed by atoms with Crippen molar-refractivity contribution in [1.82, 2.24) is 4.98 Å². The Morgan fingerprint density at radius 3 is 2.71 bits per heavy atom. The van der Waals surface area contributed by atoms with E-state index in [-0.39, 0.29) is 12.0 Å². The van der Waals surface area contributed by atoms with E-state index in [2.05, 4.69) is 10.3 Å². The van der Waals surface area contributed by atoms with Gasteiger partial charge in [-0.1, -0.05) is 25.3 Å². The SMILES string of the molecule is Nc1cccc(NCC2(CO)CCCCC2)n1. The highest BCUT2D eigenvalue weighted by Gasteiger charge is 2.31. The molecule has 4 nitrogen and oxygen atoms in total. The predicted molar refractivity (Wildman–Crippen MR) is 69.7 cm³/mol. The molecule has 4 heteroatoms. The fourth-order valence-electron chi connectivity index (χ4n) is 2.52. The van der Waals surface area contributed by atoms with Gasteiger partial charge in [0.1, 0.15) is 11.6 Å². The smallest absolute Gasteiger partial charge is 0.128 e. The van der Waals surface area contributed by atoms with E-state index in [4.69, 9.17) is 5.73 Å². The van der Waals surface area contributed by atoms with E-state index >= 15 is 0 Å². The molecule has 1 fully saturated rings. The molecule has 1 aliphatic rings. The van der Waals surface area contributed by atoms with Crippen LogP contribution in [0.2, 0.25) is 0 Å². The normalized spacial score (nSPS) is 18.9. The summed E-state index contributed by atoms with van der Waals surface area (Å²) in [6.07, 6.45) is 5.91. The second-order valence-corrected chi connectivity index (χ2v) is 5.02. The number of nitrogen functional groups attached to an aromatic ring is 1. The van der Waals surface area contributed by atoms with E-state index in [9.17, 15) is 5.11 Å². The van der Waals surface area contributed by atoms with Gasteiger partial charge in [-0.15, -0.1) is 0 Å². The van der Waals surface area contributed by atoms with E-state index in [0.29, 0.717) is 5.82 Å². The van der Waals surface area contributed by atoms with Crippen LogP contribution in [0, 0.1) is 5.41 Å².